The van der Waals surface area contributed by atoms with Gasteiger partial charge in [-0.15, -0.1) is 0 Å². The zero-order valence-electron chi connectivity index (χ0n) is 2.43. The summed E-state index contributed by atoms with van der Waals surface area (Å²) in [5, 5.41) is 3.17. The van der Waals surface area contributed by atoms with Gasteiger partial charge in [-0.25, -0.2) is 0 Å². The third-order valence-corrected chi connectivity index (χ3v) is 0.275. The Morgan fingerprint density at radius 3 is 3.00 bits per heavy atom. The zero-order chi connectivity index (χ0) is 3.54. The molecule has 0 amide bonds. The predicted molar refractivity (Wildman–Crippen MR) is 16.6 cm³/mol. The molecule has 1 rings (SSSR count). The largest absolute Gasteiger partial charge is 0.347 e. The van der Waals surface area contributed by atoms with E-state index in [-0.39, 0.29) is 0 Å². The van der Waals surface area contributed by atoms with E-state index in [0.717, 1.165) is 0 Å². The molecule has 1 heterocycles. The summed E-state index contributed by atoms with van der Waals surface area (Å²) in [7, 11) is 0. The van der Waals surface area contributed by atoms with Gasteiger partial charge in [0, 0.05) is 0 Å². The van der Waals surface area contributed by atoms with E-state index in [0.29, 0.717) is 0 Å². The summed E-state index contributed by atoms with van der Waals surface area (Å²) < 4.78 is 0. The van der Waals surface area contributed by atoms with E-state index in [4.69, 9.17) is 0 Å². The fourth-order valence-corrected chi connectivity index (χ4v) is 0.132. The average molecular weight is 67.0 g/mol. The molecule has 0 aromatic heterocycles. The molecule has 0 saturated heterocycles. The Balaban J connectivity index is 3.17. The van der Waals surface area contributed by atoms with Gasteiger partial charge in [0.25, 0.3) is 0 Å². The van der Waals surface area contributed by atoms with Crippen LogP contribution in [-0.2, 0) is 4.84 Å². The van der Waals surface area contributed by atoms with Crippen LogP contribution >= 0.6 is 0 Å². The Morgan fingerprint density at radius 2 is 2.80 bits per heavy atom. The molecule has 2 nitrogen and oxygen atoms in total. The van der Waals surface area contributed by atoms with Crippen molar-refractivity contribution in [1.82, 2.24) is 0 Å². The van der Waals surface area contributed by atoms with Crippen LogP contribution in [0, 0.1) is 0 Å². The van der Waals surface area contributed by atoms with Crippen molar-refractivity contribution in [1.29, 1.82) is 0 Å². The van der Waals surface area contributed by atoms with Crippen molar-refractivity contribution < 1.29 is 4.84 Å². The number of hydrogen-bond acceptors (Lipinski definition) is 2. The Kier molecular flexibility index (Phi) is 0.350. The maximum Gasteiger partial charge on any atom is 0.174 e. The van der Waals surface area contributed by atoms with Gasteiger partial charge in [0.2, 0.25) is 0 Å². The second-order valence-electron chi connectivity index (χ2n) is 0.571. The summed E-state index contributed by atoms with van der Waals surface area (Å²) in [4.78, 5) is 4.22. The molecule has 0 atom stereocenters. The molecule has 5 heavy (non-hydrogen) atoms. The predicted octanol–water partition coefficient (Wildman–Crippen LogP) is 0.270. The Bertz CT molecular complexity index is 101. The number of nitrogens with zero attached hydrogens (tertiary/aromatic N) is 1. The van der Waals surface area contributed by atoms with E-state index in [1.54, 1.807) is 0 Å². The third kappa shape index (κ3) is 0.198. The molecule has 1 aliphatic rings. The van der Waals surface area contributed by atoms with Gasteiger partial charge in [-0.2, -0.15) is 0 Å². The van der Waals surface area contributed by atoms with Gasteiger partial charge < -0.3 is 4.84 Å². The van der Waals surface area contributed by atoms with E-state index in [9.17, 15) is 0 Å². The molecule has 0 aromatic rings. The van der Waals surface area contributed by atoms with Crippen LogP contribution in [0.5, 0.6) is 0 Å². The lowest BCUT2D eigenvalue weighted by Crippen LogP contribution is -1.49. The zero-order valence-corrected chi connectivity index (χ0v) is 2.43. The minimum atomic E-state index is 1.33. The molecule has 0 fully saturated rings. The first kappa shape index (κ1) is 2.28. The van der Waals surface area contributed by atoms with Gasteiger partial charge in [-0.05, 0) is 10.9 Å². The lowest BCUT2D eigenvalue weighted by Gasteiger charge is -1.66. The van der Waals surface area contributed by atoms with Crippen molar-refractivity contribution >= 4 is 5.87 Å². The van der Waals surface area contributed by atoms with Crippen molar-refractivity contribution in [2.45, 2.75) is 0 Å². The van der Waals surface area contributed by atoms with Crippen LogP contribution in [0.25, 0.3) is 0 Å². The molecule has 0 bridgehead atoms. The highest BCUT2D eigenvalue weighted by Crippen LogP contribution is 1.74. The van der Waals surface area contributed by atoms with Crippen molar-refractivity contribution in [2.24, 2.45) is 5.16 Å². The van der Waals surface area contributed by atoms with Gasteiger partial charge in [-0.1, -0.05) is 0 Å². The van der Waals surface area contributed by atoms with Crippen LogP contribution in [0.15, 0.2) is 17.1 Å². The van der Waals surface area contributed by atoms with Gasteiger partial charge in [-0.3, -0.25) is 0 Å². The van der Waals surface area contributed by atoms with Gasteiger partial charge >= 0.3 is 0 Å². The first-order chi connectivity index (χ1) is 2.50. The average Bonchev–Trinajstić information content (AvgIpc) is 1.76. The summed E-state index contributed by atoms with van der Waals surface area (Å²) in [5.74, 6) is 2.32. The molecule has 0 N–H and O–H groups in total. The standard InChI is InChI=1S/C3HNO/c1-2-4-5-3-1/h3H. The Morgan fingerprint density at radius 1 is 1.80 bits per heavy atom. The summed E-state index contributed by atoms with van der Waals surface area (Å²) in [6, 6.07) is 0. The summed E-state index contributed by atoms with van der Waals surface area (Å²) >= 11 is 0. The summed E-state index contributed by atoms with van der Waals surface area (Å²) in [5.41, 5.74) is 2.46. The van der Waals surface area contributed by atoms with E-state index in [1.807, 2.05) is 0 Å². The van der Waals surface area contributed by atoms with Crippen molar-refractivity contribution in [3.8, 4) is 0 Å². The molecule has 24 valence electrons. The minimum Gasteiger partial charge on any atom is -0.347 e. The third-order valence-electron chi connectivity index (χ3n) is 0.275. The van der Waals surface area contributed by atoms with Crippen LogP contribution in [0.4, 0.5) is 0 Å². The van der Waals surface area contributed by atoms with Crippen molar-refractivity contribution in [3.05, 3.63) is 12.0 Å². The minimum absolute atomic E-state index is 1.33. The lowest BCUT2D eigenvalue weighted by atomic mass is 10.9. The summed E-state index contributed by atoms with van der Waals surface area (Å²) in [6.45, 7) is 0. The highest BCUT2D eigenvalue weighted by molar-refractivity contribution is 5.50. The SMILES string of the molecule is C1=C=NOC=1. The molecule has 0 saturated carbocycles. The van der Waals surface area contributed by atoms with Crippen molar-refractivity contribution in [3.63, 3.8) is 0 Å². The quantitative estimate of drug-likeness (QED) is 0.372. The molecule has 2 heteroatoms. The fraction of sp³-hybridized carbons (Fsp3) is 0. The number of hydrogen-bond donors (Lipinski definition) is 0. The normalized spacial score (nSPS) is 12.8. The van der Waals surface area contributed by atoms with Crippen LogP contribution in [-0.4, -0.2) is 5.87 Å². The van der Waals surface area contributed by atoms with Crippen LogP contribution in [0.1, 0.15) is 0 Å². The molecule has 0 radical (unpaired) electrons. The molecule has 0 unspecified atom stereocenters. The van der Waals surface area contributed by atoms with Crippen molar-refractivity contribution in [2.75, 3.05) is 0 Å². The maximum absolute atomic E-state index is 4.22. The van der Waals surface area contributed by atoms with E-state index in [2.05, 4.69) is 21.6 Å². The molecular weight excluding hydrogens is 66.0 g/mol. The molecule has 1 aliphatic heterocycles. The highest BCUT2D eigenvalue weighted by atomic mass is 16.6. The van der Waals surface area contributed by atoms with E-state index < -0.39 is 0 Å². The second kappa shape index (κ2) is 0.769. The van der Waals surface area contributed by atoms with Gasteiger partial charge in [0.15, 0.2) is 6.26 Å². The monoisotopic (exact) mass is 67.0 g/mol. The number of rotatable bonds is 0. The molecule has 0 spiro atoms. The van der Waals surface area contributed by atoms with Crippen LogP contribution in [0.2, 0.25) is 0 Å². The molecule has 0 aliphatic carbocycles. The van der Waals surface area contributed by atoms with Crippen LogP contribution < -0.4 is 0 Å². The molecular formula is C3HNO. The van der Waals surface area contributed by atoms with Gasteiger partial charge in [0.1, 0.15) is 0 Å². The highest BCUT2D eigenvalue weighted by Gasteiger charge is 1.65. The molecule has 0 aromatic carbocycles. The first-order valence-corrected chi connectivity index (χ1v) is 1.18. The lowest BCUT2D eigenvalue weighted by molar-refractivity contribution is 0.278. The van der Waals surface area contributed by atoms with E-state index in [1.165, 1.54) is 6.26 Å². The topological polar surface area (TPSA) is 21.6 Å². The Labute approximate surface area is 29.0 Å². The van der Waals surface area contributed by atoms with Gasteiger partial charge in [0.05, 0.1) is 5.87 Å². The maximum atomic E-state index is 4.22. The smallest absolute Gasteiger partial charge is 0.174 e. The second-order valence-corrected chi connectivity index (χ2v) is 0.571. The fourth-order valence-electron chi connectivity index (χ4n) is 0.132. The van der Waals surface area contributed by atoms with E-state index >= 15 is 0 Å². The summed E-state index contributed by atoms with van der Waals surface area (Å²) in [6.07, 6.45) is 1.33. The Hall–Kier alpha value is -0.970. The van der Waals surface area contributed by atoms with Crippen LogP contribution in [0.3, 0.4) is 0 Å². The first-order valence-electron chi connectivity index (χ1n) is 1.18.